The van der Waals surface area contributed by atoms with Crippen LogP contribution in [0.4, 0.5) is 0 Å². The highest BCUT2D eigenvalue weighted by Crippen LogP contribution is 2.41. The Bertz CT molecular complexity index is 887. The molecule has 0 radical (unpaired) electrons. The predicted molar refractivity (Wildman–Crippen MR) is 92.6 cm³/mol. The normalized spacial score (nSPS) is 14.7. The minimum Gasteiger partial charge on any atom is -0.479 e. The van der Waals surface area contributed by atoms with Crippen molar-refractivity contribution in [3.05, 3.63) is 82.4 Å². The minimum absolute atomic E-state index is 0.154. The molecule has 2 N–H and O–H groups in total. The highest BCUT2D eigenvalue weighted by molar-refractivity contribution is 6.35. The quantitative estimate of drug-likeness (QED) is 0.712. The standard InChI is InChI=1S/C17H13Cl2N3O3/c18-12-6-7-13(14(19)8-12)15(23)17(16(24)25,22-10-20-9-21-22)11-4-2-1-3-5-11/h1-10,15,23H,(H,24,25). The molecule has 25 heavy (non-hydrogen) atoms. The molecule has 2 atom stereocenters. The van der Waals surface area contributed by atoms with E-state index in [9.17, 15) is 15.0 Å². The van der Waals surface area contributed by atoms with E-state index in [4.69, 9.17) is 23.2 Å². The van der Waals surface area contributed by atoms with Gasteiger partial charge in [-0.15, -0.1) is 0 Å². The zero-order chi connectivity index (χ0) is 18.0. The molecule has 0 aliphatic heterocycles. The Morgan fingerprint density at radius 1 is 1.16 bits per heavy atom. The average molecular weight is 378 g/mol. The minimum atomic E-state index is -1.95. The molecule has 0 aliphatic rings. The van der Waals surface area contributed by atoms with Gasteiger partial charge >= 0.3 is 5.97 Å². The van der Waals surface area contributed by atoms with Crippen LogP contribution in [0, 0.1) is 0 Å². The van der Waals surface area contributed by atoms with Crippen LogP contribution < -0.4 is 0 Å². The number of aliphatic hydroxyl groups is 1. The second-order valence-electron chi connectivity index (χ2n) is 5.35. The van der Waals surface area contributed by atoms with Gasteiger partial charge in [-0.1, -0.05) is 59.6 Å². The molecule has 2 aromatic carbocycles. The number of rotatable bonds is 5. The Hall–Kier alpha value is -2.41. The maximum Gasteiger partial charge on any atom is 0.339 e. The van der Waals surface area contributed by atoms with Crippen LogP contribution in [-0.4, -0.2) is 30.9 Å². The van der Waals surface area contributed by atoms with Crippen LogP contribution in [-0.2, 0) is 10.3 Å². The van der Waals surface area contributed by atoms with Gasteiger partial charge in [0, 0.05) is 15.6 Å². The summed E-state index contributed by atoms with van der Waals surface area (Å²) in [7, 11) is 0. The zero-order valence-electron chi connectivity index (χ0n) is 12.8. The van der Waals surface area contributed by atoms with Gasteiger partial charge < -0.3 is 10.2 Å². The molecule has 3 aromatic rings. The van der Waals surface area contributed by atoms with E-state index in [1.54, 1.807) is 30.3 Å². The van der Waals surface area contributed by atoms with Gasteiger partial charge in [0.05, 0.1) is 0 Å². The summed E-state index contributed by atoms with van der Waals surface area (Å²) < 4.78 is 1.11. The summed E-state index contributed by atoms with van der Waals surface area (Å²) in [5.41, 5.74) is -1.41. The third kappa shape index (κ3) is 2.89. The number of hydrogen-bond donors (Lipinski definition) is 2. The number of aliphatic carboxylic acids is 1. The number of carboxylic acid groups (broad SMARTS) is 1. The van der Waals surface area contributed by atoms with Crippen molar-refractivity contribution in [1.29, 1.82) is 0 Å². The van der Waals surface area contributed by atoms with Crippen LogP contribution in [0.2, 0.25) is 10.0 Å². The van der Waals surface area contributed by atoms with Crippen molar-refractivity contribution in [1.82, 2.24) is 14.8 Å². The molecule has 0 fully saturated rings. The Kier molecular flexibility index (Phi) is 4.76. The van der Waals surface area contributed by atoms with Crippen molar-refractivity contribution in [3.8, 4) is 0 Å². The second-order valence-corrected chi connectivity index (χ2v) is 6.19. The molecule has 0 bridgehead atoms. The molecule has 128 valence electrons. The van der Waals surface area contributed by atoms with Crippen molar-refractivity contribution in [3.63, 3.8) is 0 Å². The summed E-state index contributed by atoms with van der Waals surface area (Å²) >= 11 is 12.1. The van der Waals surface area contributed by atoms with Gasteiger partial charge in [0.25, 0.3) is 0 Å². The average Bonchev–Trinajstić information content (AvgIpc) is 3.11. The molecule has 6 nitrogen and oxygen atoms in total. The van der Waals surface area contributed by atoms with Crippen molar-refractivity contribution >= 4 is 29.2 Å². The molecule has 8 heteroatoms. The van der Waals surface area contributed by atoms with Crippen molar-refractivity contribution in [2.45, 2.75) is 11.6 Å². The lowest BCUT2D eigenvalue weighted by Crippen LogP contribution is -2.48. The lowest BCUT2D eigenvalue weighted by atomic mass is 9.81. The van der Waals surface area contributed by atoms with E-state index in [0.717, 1.165) is 4.68 Å². The first-order chi connectivity index (χ1) is 12.0. The van der Waals surface area contributed by atoms with Gasteiger partial charge in [0.2, 0.25) is 5.54 Å². The number of aliphatic hydroxyl groups excluding tert-OH is 1. The number of benzene rings is 2. The lowest BCUT2D eigenvalue weighted by molar-refractivity contribution is -0.152. The van der Waals surface area contributed by atoms with E-state index in [1.165, 1.54) is 30.9 Å². The molecule has 2 unspecified atom stereocenters. The van der Waals surface area contributed by atoms with Gasteiger partial charge in [-0.2, -0.15) is 5.10 Å². The summed E-state index contributed by atoms with van der Waals surface area (Å²) in [6, 6.07) is 12.8. The Balaban J connectivity index is 2.29. The predicted octanol–water partition coefficient (Wildman–Crippen LogP) is 3.15. The molecule has 3 rings (SSSR count). The molecule has 0 saturated carbocycles. The van der Waals surface area contributed by atoms with E-state index in [1.807, 2.05) is 0 Å². The Labute approximate surface area is 153 Å². The smallest absolute Gasteiger partial charge is 0.339 e. The molecular formula is C17H13Cl2N3O3. The maximum atomic E-state index is 12.4. The largest absolute Gasteiger partial charge is 0.479 e. The van der Waals surface area contributed by atoms with Crippen LogP contribution in [0.5, 0.6) is 0 Å². The summed E-state index contributed by atoms with van der Waals surface area (Å²) in [6.45, 7) is 0. The van der Waals surface area contributed by atoms with E-state index in [0.29, 0.717) is 10.6 Å². The topological polar surface area (TPSA) is 88.2 Å². The van der Waals surface area contributed by atoms with Crippen LogP contribution in [0.15, 0.2) is 61.2 Å². The van der Waals surface area contributed by atoms with E-state index in [2.05, 4.69) is 10.1 Å². The van der Waals surface area contributed by atoms with Crippen LogP contribution in [0.3, 0.4) is 0 Å². The maximum absolute atomic E-state index is 12.4. The van der Waals surface area contributed by atoms with Gasteiger partial charge in [0.15, 0.2) is 0 Å². The summed E-state index contributed by atoms with van der Waals surface area (Å²) in [6.07, 6.45) is 0.907. The lowest BCUT2D eigenvalue weighted by Gasteiger charge is -2.35. The third-order valence-electron chi connectivity index (χ3n) is 3.97. The molecule has 0 saturated heterocycles. The fourth-order valence-corrected chi connectivity index (χ4v) is 3.30. The second kappa shape index (κ2) is 6.84. The molecule has 1 aromatic heterocycles. The first-order valence-corrected chi connectivity index (χ1v) is 8.00. The fourth-order valence-electron chi connectivity index (χ4n) is 2.78. The van der Waals surface area contributed by atoms with E-state index in [-0.39, 0.29) is 10.6 Å². The Morgan fingerprint density at radius 3 is 2.44 bits per heavy atom. The van der Waals surface area contributed by atoms with Crippen LogP contribution >= 0.6 is 23.2 Å². The van der Waals surface area contributed by atoms with Gasteiger partial charge in [-0.05, 0) is 17.7 Å². The molecule has 0 aliphatic carbocycles. The molecule has 1 heterocycles. The Morgan fingerprint density at radius 2 is 1.88 bits per heavy atom. The van der Waals surface area contributed by atoms with E-state index < -0.39 is 17.6 Å². The van der Waals surface area contributed by atoms with Gasteiger partial charge in [-0.25, -0.2) is 14.5 Å². The summed E-state index contributed by atoms with van der Waals surface area (Å²) in [5.74, 6) is -1.30. The highest BCUT2D eigenvalue weighted by Gasteiger charge is 2.51. The number of halogens is 2. The number of aromatic nitrogens is 3. The van der Waals surface area contributed by atoms with Crippen molar-refractivity contribution in [2.24, 2.45) is 0 Å². The van der Waals surface area contributed by atoms with E-state index >= 15 is 0 Å². The van der Waals surface area contributed by atoms with Gasteiger partial charge in [0.1, 0.15) is 18.8 Å². The van der Waals surface area contributed by atoms with Crippen LogP contribution in [0.1, 0.15) is 17.2 Å². The van der Waals surface area contributed by atoms with Crippen molar-refractivity contribution < 1.29 is 15.0 Å². The third-order valence-corrected chi connectivity index (χ3v) is 4.54. The number of carboxylic acids is 1. The highest BCUT2D eigenvalue weighted by atomic mass is 35.5. The molecule has 0 amide bonds. The SMILES string of the molecule is O=C(O)C(c1ccccc1)(C(O)c1ccc(Cl)cc1Cl)n1cncn1. The summed E-state index contributed by atoms with van der Waals surface area (Å²) in [5, 5.41) is 25.7. The molecule has 0 spiro atoms. The number of carbonyl (C=O) groups is 1. The first kappa shape index (κ1) is 17.4. The fraction of sp³-hybridized carbons (Fsp3) is 0.118. The first-order valence-electron chi connectivity index (χ1n) is 7.25. The van der Waals surface area contributed by atoms with Crippen molar-refractivity contribution in [2.75, 3.05) is 0 Å². The van der Waals surface area contributed by atoms with Crippen LogP contribution in [0.25, 0.3) is 0 Å². The number of hydrogen-bond acceptors (Lipinski definition) is 4. The molecular weight excluding hydrogens is 365 g/mol. The monoisotopic (exact) mass is 377 g/mol. The number of nitrogens with zero attached hydrogens (tertiary/aromatic N) is 3. The van der Waals surface area contributed by atoms with Gasteiger partial charge in [-0.3, -0.25) is 0 Å². The summed E-state index contributed by atoms with van der Waals surface area (Å²) in [4.78, 5) is 16.2. The zero-order valence-corrected chi connectivity index (χ0v) is 14.3.